The molecule has 0 aliphatic heterocycles. The Morgan fingerprint density at radius 3 is 2.53 bits per heavy atom. The second kappa shape index (κ2) is 3.53. The van der Waals surface area contributed by atoms with E-state index in [-0.39, 0.29) is 5.56 Å². The van der Waals surface area contributed by atoms with Crippen molar-refractivity contribution >= 4 is 17.0 Å². The fourth-order valence-corrected chi connectivity index (χ4v) is 1.37. The van der Waals surface area contributed by atoms with E-state index in [1.807, 2.05) is 0 Å². The standard InChI is InChI=1S/C10H8N2O3/c1-15-7-3-2-6(10(13)14)8-9(7)12-5-4-11-8/h2-5H,1H3,(H,13,14). The maximum Gasteiger partial charge on any atom is 0.337 e. The number of aromatic carboxylic acids is 1. The highest BCUT2D eigenvalue weighted by molar-refractivity contribution is 6.02. The first-order valence-electron chi connectivity index (χ1n) is 4.25. The molecular weight excluding hydrogens is 196 g/mol. The summed E-state index contributed by atoms with van der Waals surface area (Å²) >= 11 is 0. The van der Waals surface area contributed by atoms with Crippen LogP contribution in [0.15, 0.2) is 24.5 Å². The summed E-state index contributed by atoms with van der Waals surface area (Å²) in [4.78, 5) is 18.9. The Kier molecular flexibility index (Phi) is 2.21. The van der Waals surface area contributed by atoms with E-state index in [0.717, 1.165) is 0 Å². The molecule has 0 amide bonds. The van der Waals surface area contributed by atoms with Crippen molar-refractivity contribution < 1.29 is 14.6 Å². The maximum atomic E-state index is 10.9. The third-order valence-corrected chi connectivity index (χ3v) is 2.04. The lowest BCUT2D eigenvalue weighted by Crippen LogP contribution is -2.00. The number of aromatic nitrogens is 2. The van der Waals surface area contributed by atoms with Gasteiger partial charge in [0.1, 0.15) is 16.8 Å². The van der Waals surface area contributed by atoms with Gasteiger partial charge in [-0.05, 0) is 12.1 Å². The molecule has 15 heavy (non-hydrogen) atoms. The summed E-state index contributed by atoms with van der Waals surface area (Å²) in [6.45, 7) is 0. The third kappa shape index (κ3) is 1.48. The van der Waals surface area contributed by atoms with Gasteiger partial charge in [0, 0.05) is 12.4 Å². The smallest absolute Gasteiger partial charge is 0.337 e. The van der Waals surface area contributed by atoms with E-state index < -0.39 is 5.97 Å². The molecule has 0 bridgehead atoms. The van der Waals surface area contributed by atoms with Gasteiger partial charge in [-0.25, -0.2) is 9.78 Å². The second-order valence-corrected chi connectivity index (χ2v) is 2.87. The van der Waals surface area contributed by atoms with E-state index in [1.54, 1.807) is 6.07 Å². The van der Waals surface area contributed by atoms with E-state index in [2.05, 4.69) is 9.97 Å². The molecule has 0 spiro atoms. The van der Waals surface area contributed by atoms with Crippen molar-refractivity contribution in [2.75, 3.05) is 7.11 Å². The van der Waals surface area contributed by atoms with Crippen LogP contribution in [-0.2, 0) is 0 Å². The predicted molar refractivity (Wildman–Crippen MR) is 53.0 cm³/mol. The predicted octanol–water partition coefficient (Wildman–Crippen LogP) is 1.34. The molecule has 0 aliphatic rings. The summed E-state index contributed by atoms with van der Waals surface area (Å²) in [7, 11) is 1.50. The molecule has 1 aromatic carbocycles. The number of benzene rings is 1. The van der Waals surface area contributed by atoms with Gasteiger partial charge in [0.05, 0.1) is 12.7 Å². The minimum Gasteiger partial charge on any atom is -0.494 e. The normalized spacial score (nSPS) is 10.2. The van der Waals surface area contributed by atoms with Crippen molar-refractivity contribution in [3.63, 3.8) is 0 Å². The van der Waals surface area contributed by atoms with Gasteiger partial charge in [-0.1, -0.05) is 0 Å². The summed E-state index contributed by atoms with van der Waals surface area (Å²) in [5, 5.41) is 8.94. The van der Waals surface area contributed by atoms with Gasteiger partial charge in [-0.2, -0.15) is 0 Å². The van der Waals surface area contributed by atoms with Crippen LogP contribution in [0.25, 0.3) is 11.0 Å². The molecule has 0 saturated heterocycles. The average molecular weight is 204 g/mol. The summed E-state index contributed by atoms with van der Waals surface area (Å²) in [5.41, 5.74) is 0.920. The number of carboxylic acids is 1. The van der Waals surface area contributed by atoms with Gasteiger partial charge in [0.25, 0.3) is 0 Å². The van der Waals surface area contributed by atoms with E-state index >= 15 is 0 Å². The Labute approximate surface area is 85.4 Å². The van der Waals surface area contributed by atoms with Gasteiger partial charge in [0.2, 0.25) is 0 Å². The number of nitrogens with zero attached hydrogens (tertiary/aromatic N) is 2. The number of rotatable bonds is 2. The zero-order valence-electron chi connectivity index (χ0n) is 7.97. The number of carboxylic acid groups (broad SMARTS) is 1. The quantitative estimate of drug-likeness (QED) is 0.799. The first kappa shape index (κ1) is 9.39. The Hall–Kier alpha value is -2.17. The molecule has 0 fully saturated rings. The molecule has 0 aliphatic carbocycles. The summed E-state index contributed by atoms with van der Waals surface area (Å²) in [6, 6.07) is 3.03. The largest absolute Gasteiger partial charge is 0.494 e. The minimum absolute atomic E-state index is 0.124. The molecule has 1 N–H and O–H groups in total. The van der Waals surface area contributed by atoms with E-state index in [4.69, 9.17) is 9.84 Å². The molecule has 2 aromatic rings. The number of hydrogen-bond donors (Lipinski definition) is 1. The molecule has 5 nitrogen and oxygen atoms in total. The second-order valence-electron chi connectivity index (χ2n) is 2.87. The highest BCUT2D eigenvalue weighted by atomic mass is 16.5. The van der Waals surface area contributed by atoms with Crippen LogP contribution in [0.4, 0.5) is 0 Å². The summed E-state index contributed by atoms with van der Waals surface area (Å²) in [5.74, 6) is -0.508. The topological polar surface area (TPSA) is 72.3 Å². The maximum absolute atomic E-state index is 10.9. The van der Waals surface area contributed by atoms with Crippen LogP contribution in [0.2, 0.25) is 0 Å². The van der Waals surface area contributed by atoms with Crippen molar-refractivity contribution in [1.29, 1.82) is 0 Å². The Morgan fingerprint density at radius 2 is 1.93 bits per heavy atom. The van der Waals surface area contributed by atoms with Crippen molar-refractivity contribution in [2.45, 2.75) is 0 Å². The fourth-order valence-electron chi connectivity index (χ4n) is 1.37. The van der Waals surface area contributed by atoms with E-state index in [9.17, 15) is 4.79 Å². The van der Waals surface area contributed by atoms with Gasteiger partial charge in [-0.15, -0.1) is 0 Å². The number of hydrogen-bond acceptors (Lipinski definition) is 4. The van der Waals surface area contributed by atoms with Crippen LogP contribution in [0.1, 0.15) is 10.4 Å². The highest BCUT2D eigenvalue weighted by Gasteiger charge is 2.13. The molecule has 5 heteroatoms. The fraction of sp³-hybridized carbons (Fsp3) is 0.100. The summed E-state index contributed by atoms with van der Waals surface area (Å²) < 4.78 is 5.07. The molecule has 0 radical (unpaired) electrons. The lowest BCUT2D eigenvalue weighted by Gasteiger charge is -2.05. The SMILES string of the molecule is COc1ccc(C(=O)O)c2nccnc12. The molecule has 1 aromatic heterocycles. The van der Waals surface area contributed by atoms with Crippen LogP contribution in [-0.4, -0.2) is 28.2 Å². The van der Waals surface area contributed by atoms with Crippen LogP contribution in [0.5, 0.6) is 5.75 Å². The molecular formula is C10H8N2O3. The Bertz CT molecular complexity index is 525. The third-order valence-electron chi connectivity index (χ3n) is 2.04. The molecule has 2 rings (SSSR count). The Morgan fingerprint density at radius 1 is 1.27 bits per heavy atom. The van der Waals surface area contributed by atoms with Crippen molar-refractivity contribution in [3.8, 4) is 5.75 Å². The number of carbonyl (C=O) groups is 1. The highest BCUT2D eigenvalue weighted by Crippen LogP contribution is 2.24. The molecule has 76 valence electrons. The Balaban J connectivity index is 2.83. The van der Waals surface area contributed by atoms with E-state index in [1.165, 1.54) is 25.6 Å². The molecule has 0 atom stereocenters. The first-order chi connectivity index (χ1) is 7.24. The van der Waals surface area contributed by atoms with Gasteiger partial charge in [-0.3, -0.25) is 4.98 Å². The zero-order chi connectivity index (χ0) is 10.8. The van der Waals surface area contributed by atoms with Crippen LogP contribution in [0, 0.1) is 0 Å². The van der Waals surface area contributed by atoms with Gasteiger partial charge in [0.15, 0.2) is 0 Å². The number of methoxy groups -OCH3 is 1. The molecule has 0 saturated carbocycles. The zero-order valence-corrected chi connectivity index (χ0v) is 7.97. The molecule has 1 heterocycles. The summed E-state index contributed by atoms with van der Waals surface area (Å²) in [6.07, 6.45) is 2.95. The lowest BCUT2D eigenvalue weighted by molar-refractivity contribution is 0.0699. The lowest BCUT2D eigenvalue weighted by atomic mass is 10.1. The van der Waals surface area contributed by atoms with Crippen LogP contribution < -0.4 is 4.74 Å². The number of fused-ring (bicyclic) bond motifs is 1. The molecule has 0 unspecified atom stereocenters. The average Bonchev–Trinajstić information content (AvgIpc) is 2.27. The number of ether oxygens (including phenoxy) is 1. The van der Waals surface area contributed by atoms with Crippen molar-refractivity contribution in [1.82, 2.24) is 9.97 Å². The first-order valence-corrected chi connectivity index (χ1v) is 4.25. The van der Waals surface area contributed by atoms with Crippen molar-refractivity contribution in [3.05, 3.63) is 30.1 Å². The minimum atomic E-state index is -1.02. The van der Waals surface area contributed by atoms with E-state index in [0.29, 0.717) is 16.8 Å². The van der Waals surface area contributed by atoms with Crippen LogP contribution in [0.3, 0.4) is 0 Å². The monoisotopic (exact) mass is 204 g/mol. The van der Waals surface area contributed by atoms with Gasteiger partial charge >= 0.3 is 5.97 Å². The van der Waals surface area contributed by atoms with Crippen molar-refractivity contribution in [2.24, 2.45) is 0 Å². The van der Waals surface area contributed by atoms with Gasteiger partial charge < -0.3 is 9.84 Å². The van der Waals surface area contributed by atoms with Crippen LogP contribution >= 0.6 is 0 Å².